The minimum atomic E-state index is -0.0242. The van der Waals surface area contributed by atoms with E-state index >= 15 is 0 Å². The van der Waals surface area contributed by atoms with Crippen LogP contribution in [0.3, 0.4) is 0 Å². The molecule has 0 bridgehead atoms. The van der Waals surface area contributed by atoms with Crippen LogP contribution in [0.4, 0.5) is 5.69 Å². The molecule has 0 aliphatic rings. The summed E-state index contributed by atoms with van der Waals surface area (Å²) in [7, 11) is 0. The average Bonchev–Trinajstić information content (AvgIpc) is 2.77. The number of alkyl halides is 1. The van der Waals surface area contributed by atoms with Crippen molar-refractivity contribution in [2.45, 2.75) is 26.7 Å². The lowest BCUT2D eigenvalue weighted by Gasteiger charge is -2.06. The summed E-state index contributed by atoms with van der Waals surface area (Å²) in [4.78, 5) is 14.2. The van der Waals surface area contributed by atoms with E-state index in [9.17, 15) is 4.79 Å². The van der Waals surface area contributed by atoms with Gasteiger partial charge in [-0.1, -0.05) is 28.1 Å². The van der Waals surface area contributed by atoms with E-state index in [1.807, 2.05) is 38.1 Å². The predicted octanol–water partition coefficient (Wildman–Crippen LogP) is 4.94. The van der Waals surface area contributed by atoms with Gasteiger partial charge in [0.15, 0.2) is 0 Å². The van der Waals surface area contributed by atoms with Crippen LogP contribution in [0, 0.1) is 13.8 Å². The van der Waals surface area contributed by atoms with Crippen molar-refractivity contribution >= 4 is 38.9 Å². The molecule has 0 radical (unpaired) electrons. The lowest BCUT2D eigenvalue weighted by molar-refractivity contribution is 0.103. The molecule has 2 aromatic rings. The molecule has 1 N–H and O–H groups in total. The molecule has 4 heteroatoms. The zero-order valence-electron chi connectivity index (χ0n) is 11.7. The average molecular weight is 352 g/mol. The second kappa shape index (κ2) is 7.04. The number of thiophene rings is 1. The minimum absolute atomic E-state index is 0.0242. The molecular formula is C16H18BrNOS. The van der Waals surface area contributed by atoms with Gasteiger partial charge in [0.2, 0.25) is 0 Å². The van der Waals surface area contributed by atoms with Crippen molar-refractivity contribution in [1.29, 1.82) is 0 Å². The van der Waals surface area contributed by atoms with Gasteiger partial charge < -0.3 is 5.32 Å². The molecule has 2 nitrogen and oxygen atoms in total. The standard InChI is InChI=1S/C16H18BrNOS/c1-11-9-15(20-12(11)2)16(19)18-14-7-3-5-13(10-14)6-4-8-17/h3,5,7,9-10H,4,6,8H2,1-2H3,(H,18,19). The van der Waals surface area contributed by atoms with Crippen LogP contribution < -0.4 is 5.32 Å². The highest BCUT2D eigenvalue weighted by atomic mass is 79.9. The topological polar surface area (TPSA) is 29.1 Å². The van der Waals surface area contributed by atoms with Crippen LogP contribution >= 0.6 is 27.3 Å². The van der Waals surface area contributed by atoms with Crippen LogP contribution in [-0.4, -0.2) is 11.2 Å². The molecule has 1 aromatic heterocycles. The van der Waals surface area contributed by atoms with Crippen molar-refractivity contribution in [2.24, 2.45) is 0 Å². The number of hydrogen-bond acceptors (Lipinski definition) is 2. The Balaban J connectivity index is 2.07. The summed E-state index contributed by atoms with van der Waals surface area (Å²) in [5.41, 5.74) is 3.29. The molecule has 0 spiro atoms. The first-order chi connectivity index (χ1) is 9.60. The Labute approximate surface area is 132 Å². The third-order valence-electron chi connectivity index (χ3n) is 3.17. The molecule has 2 rings (SSSR count). The third kappa shape index (κ3) is 3.93. The fraction of sp³-hybridized carbons (Fsp3) is 0.312. The van der Waals surface area contributed by atoms with Crippen LogP contribution in [0.2, 0.25) is 0 Å². The highest BCUT2D eigenvalue weighted by molar-refractivity contribution is 9.09. The van der Waals surface area contributed by atoms with E-state index < -0.39 is 0 Å². The molecule has 0 unspecified atom stereocenters. The van der Waals surface area contributed by atoms with Gasteiger partial charge in [-0.15, -0.1) is 11.3 Å². The summed E-state index contributed by atoms with van der Waals surface area (Å²) in [6, 6.07) is 10.0. The van der Waals surface area contributed by atoms with Crippen molar-refractivity contribution in [1.82, 2.24) is 0 Å². The van der Waals surface area contributed by atoms with Crippen LogP contribution in [0.1, 0.15) is 32.1 Å². The van der Waals surface area contributed by atoms with Gasteiger partial charge in [-0.05, 0) is 56.0 Å². The first kappa shape index (κ1) is 15.3. The van der Waals surface area contributed by atoms with Crippen molar-refractivity contribution in [3.63, 3.8) is 0 Å². The van der Waals surface area contributed by atoms with E-state index in [0.29, 0.717) is 0 Å². The summed E-state index contributed by atoms with van der Waals surface area (Å²) in [6.07, 6.45) is 2.12. The molecule has 1 aromatic carbocycles. The fourth-order valence-electron chi connectivity index (χ4n) is 1.95. The Kier molecular flexibility index (Phi) is 5.38. The monoisotopic (exact) mass is 351 g/mol. The lowest BCUT2D eigenvalue weighted by Crippen LogP contribution is -2.10. The van der Waals surface area contributed by atoms with Gasteiger partial charge in [-0.2, -0.15) is 0 Å². The van der Waals surface area contributed by atoms with Gasteiger partial charge in [0.05, 0.1) is 4.88 Å². The maximum absolute atomic E-state index is 12.2. The number of aryl methyl sites for hydroxylation is 3. The predicted molar refractivity (Wildman–Crippen MR) is 90.3 cm³/mol. The highest BCUT2D eigenvalue weighted by Gasteiger charge is 2.10. The summed E-state index contributed by atoms with van der Waals surface area (Å²) >= 11 is 4.98. The number of halogens is 1. The first-order valence-corrected chi connectivity index (χ1v) is 8.57. The smallest absolute Gasteiger partial charge is 0.265 e. The van der Waals surface area contributed by atoms with Crippen LogP contribution in [-0.2, 0) is 6.42 Å². The molecule has 0 aliphatic carbocycles. The number of anilines is 1. The molecule has 0 saturated heterocycles. The number of rotatable bonds is 5. The molecular weight excluding hydrogens is 334 g/mol. The number of carbonyl (C=O) groups excluding carboxylic acids is 1. The molecule has 0 fully saturated rings. The number of amides is 1. The van der Waals surface area contributed by atoms with Gasteiger partial charge in [-0.3, -0.25) is 4.79 Å². The van der Waals surface area contributed by atoms with Gasteiger partial charge in [-0.25, -0.2) is 0 Å². The highest BCUT2D eigenvalue weighted by Crippen LogP contribution is 2.22. The molecule has 0 saturated carbocycles. The maximum Gasteiger partial charge on any atom is 0.265 e. The van der Waals surface area contributed by atoms with E-state index in [1.165, 1.54) is 16.0 Å². The summed E-state index contributed by atoms with van der Waals surface area (Å²) < 4.78 is 0. The molecule has 0 atom stereocenters. The van der Waals surface area contributed by atoms with E-state index in [1.54, 1.807) is 11.3 Å². The Morgan fingerprint density at radius 2 is 2.10 bits per heavy atom. The largest absolute Gasteiger partial charge is 0.321 e. The molecule has 20 heavy (non-hydrogen) atoms. The molecule has 1 amide bonds. The lowest BCUT2D eigenvalue weighted by atomic mass is 10.1. The second-order valence-electron chi connectivity index (χ2n) is 4.80. The van der Waals surface area contributed by atoms with Crippen LogP contribution in [0.5, 0.6) is 0 Å². The van der Waals surface area contributed by atoms with Gasteiger partial charge in [0, 0.05) is 15.9 Å². The quantitative estimate of drug-likeness (QED) is 0.759. The van der Waals surface area contributed by atoms with E-state index in [0.717, 1.165) is 28.7 Å². The second-order valence-corrected chi connectivity index (χ2v) is 6.85. The zero-order chi connectivity index (χ0) is 14.5. The van der Waals surface area contributed by atoms with Gasteiger partial charge >= 0.3 is 0 Å². The molecule has 106 valence electrons. The summed E-state index contributed by atoms with van der Waals surface area (Å²) in [6.45, 7) is 4.07. The fourth-order valence-corrected chi connectivity index (χ4v) is 3.16. The normalized spacial score (nSPS) is 10.6. The van der Waals surface area contributed by atoms with Gasteiger partial charge in [0.25, 0.3) is 5.91 Å². The number of nitrogens with one attached hydrogen (secondary N) is 1. The van der Waals surface area contributed by atoms with Crippen molar-refractivity contribution in [3.8, 4) is 0 Å². The molecule has 0 aliphatic heterocycles. The Morgan fingerprint density at radius 3 is 2.75 bits per heavy atom. The van der Waals surface area contributed by atoms with Crippen LogP contribution in [0.15, 0.2) is 30.3 Å². The van der Waals surface area contributed by atoms with E-state index in [4.69, 9.17) is 0 Å². The number of carbonyl (C=O) groups is 1. The zero-order valence-corrected chi connectivity index (χ0v) is 14.1. The molecule has 1 heterocycles. The van der Waals surface area contributed by atoms with Crippen LogP contribution in [0.25, 0.3) is 0 Å². The number of benzene rings is 1. The van der Waals surface area contributed by atoms with E-state index in [2.05, 4.69) is 27.3 Å². The Morgan fingerprint density at radius 1 is 1.30 bits per heavy atom. The Hall–Kier alpha value is -1.13. The SMILES string of the molecule is Cc1cc(C(=O)Nc2cccc(CCCBr)c2)sc1C. The maximum atomic E-state index is 12.2. The third-order valence-corrected chi connectivity index (χ3v) is 4.89. The van der Waals surface area contributed by atoms with Crippen molar-refractivity contribution < 1.29 is 4.79 Å². The van der Waals surface area contributed by atoms with E-state index in [-0.39, 0.29) is 5.91 Å². The summed E-state index contributed by atoms with van der Waals surface area (Å²) in [5, 5.41) is 3.97. The first-order valence-electron chi connectivity index (χ1n) is 6.63. The van der Waals surface area contributed by atoms with Gasteiger partial charge in [0.1, 0.15) is 0 Å². The minimum Gasteiger partial charge on any atom is -0.321 e. The summed E-state index contributed by atoms with van der Waals surface area (Å²) in [5.74, 6) is -0.0242. The van der Waals surface area contributed by atoms with Crippen molar-refractivity contribution in [3.05, 3.63) is 51.2 Å². The Bertz CT molecular complexity index is 587. The number of hydrogen-bond donors (Lipinski definition) is 1. The van der Waals surface area contributed by atoms with Crippen molar-refractivity contribution in [2.75, 3.05) is 10.6 Å².